The monoisotopic (exact) mass is 291 g/mol. The highest BCUT2D eigenvalue weighted by atomic mass is 16.5. The molecule has 0 N–H and O–H groups in total. The van der Waals surface area contributed by atoms with Crippen LogP contribution >= 0.6 is 0 Å². The Morgan fingerprint density at radius 3 is 2.55 bits per heavy atom. The third kappa shape index (κ3) is 1.50. The second-order valence-electron chi connectivity index (χ2n) is 6.56. The largest absolute Gasteiger partial charge is 0.463 e. The average Bonchev–Trinajstić information content (AvgIpc) is 2.72. The Morgan fingerprint density at radius 2 is 1.73 bits per heavy atom. The van der Waals surface area contributed by atoms with Crippen LogP contribution in [-0.4, -0.2) is 12.3 Å². The van der Waals surface area contributed by atoms with Crippen molar-refractivity contribution >= 4 is 11.8 Å². The zero-order valence-electron chi connectivity index (χ0n) is 13.3. The fraction of sp³-hybridized carbons (Fsp3) is 0.300. The maximum atomic E-state index is 6.62. The molecule has 2 aliphatic heterocycles. The number of benzene rings is 2. The van der Waals surface area contributed by atoms with Crippen LogP contribution in [0.1, 0.15) is 31.9 Å². The highest BCUT2D eigenvalue weighted by molar-refractivity contribution is 5.72. The van der Waals surface area contributed by atoms with Gasteiger partial charge >= 0.3 is 0 Å². The van der Waals surface area contributed by atoms with Gasteiger partial charge in [0.2, 0.25) is 5.72 Å². The van der Waals surface area contributed by atoms with Crippen molar-refractivity contribution in [3.63, 3.8) is 0 Å². The lowest BCUT2D eigenvalue weighted by molar-refractivity contribution is 0.0544. The Balaban J connectivity index is 1.93. The molecule has 112 valence electrons. The van der Waals surface area contributed by atoms with Gasteiger partial charge in [-0.25, -0.2) is 0 Å². The van der Waals surface area contributed by atoms with Crippen molar-refractivity contribution in [2.75, 3.05) is 11.4 Å². The molecule has 2 aromatic carbocycles. The van der Waals surface area contributed by atoms with E-state index in [-0.39, 0.29) is 5.41 Å². The van der Waals surface area contributed by atoms with Gasteiger partial charge in [-0.1, -0.05) is 36.4 Å². The first-order chi connectivity index (χ1) is 10.6. The van der Waals surface area contributed by atoms with Gasteiger partial charge in [-0.05, 0) is 50.6 Å². The number of anilines is 1. The van der Waals surface area contributed by atoms with Crippen molar-refractivity contribution in [2.24, 2.45) is 0 Å². The molecule has 2 nitrogen and oxygen atoms in total. The molecule has 0 aliphatic carbocycles. The Hall–Kier alpha value is -2.22. The van der Waals surface area contributed by atoms with E-state index in [0.29, 0.717) is 0 Å². The molecule has 22 heavy (non-hydrogen) atoms. The van der Waals surface area contributed by atoms with Crippen LogP contribution in [0.4, 0.5) is 5.69 Å². The van der Waals surface area contributed by atoms with Crippen molar-refractivity contribution in [2.45, 2.75) is 31.9 Å². The summed E-state index contributed by atoms with van der Waals surface area (Å²) in [4.78, 5) is 2.38. The third-order valence-electron chi connectivity index (χ3n) is 5.15. The third-order valence-corrected chi connectivity index (χ3v) is 5.15. The molecule has 1 atom stereocenters. The van der Waals surface area contributed by atoms with Gasteiger partial charge in [0.25, 0.3) is 0 Å². The van der Waals surface area contributed by atoms with Crippen molar-refractivity contribution in [1.82, 2.24) is 0 Å². The molecule has 2 heteroatoms. The molecule has 0 bridgehead atoms. The van der Waals surface area contributed by atoms with E-state index in [1.165, 1.54) is 11.3 Å². The first-order valence-electron chi connectivity index (χ1n) is 7.94. The van der Waals surface area contributed by atoms with Crippen LogP contribution in [0.25, 0.3) is 6.08 Å². The van der Waals surface area contributed by atoms with Crippen LogP contribution in [0, 0.1) is 0 Å². The zero-order chi connectivity index (χ0) is 15.4. The number of ether oxygens (including phenoxy) is 1. The van der Waals surface area contributed by atoms with Gasteiger partial charge in [0.05, 0.1) is 5.41 Å². The van der Waals surface area contributed by atoms with Crippen molar-refractivity contribution in [1.29, 1.82) is 0 Å². The standard InChI is InChI=1S/C20H21NO/c1-4-21-17-11-7-6-10-16(17)19(2,3)20(21)14-13-15-9-5-8-12-18(15)22-20/h5-14H,4H2,1-3H3. The van der Waals surface area contributed by atoms with Gasteiger partial charge in [-0.3, -0.25) is 0 Å². The summed E-state index contributed by atoms with van der Waals surface area (Å²) >= 11 is 0. The Kier molecular flexibility index (Phi) is 2.68. The van der Waals surface area contributed by atoms with E-state index in [2.05, 4.69) is 80.3 Å². The summed E-state index contributed by atoms with van der Waals surface area (Å²) < 4.78 is 6.62. The lowest BCUT2D eigenvalue weighted by Crippen LogP contribution is -2.59. The topological polar surface area (TPSA) is 12.5 Å². The van der Waals surface area contributed by atoms with Crippen molar-refractivity contribution in [3.8, 4) is 5.75 Å². The summed E-state index contributed by atoms with van der Waals surface area (Å²) in [5.41, 5.74) is 3.19. The summed E-state index contributed by atoms with van der Waals surface area (Å²) in [7, 11) is 0. The first kappa shape index (κ1) is 13.4. The van der Waals surface area contributed by atoms with E-state index >= 15 is 0 Å². The van der Waals surface area contributed by atoms with Crippen LogP contribution in [0.15, 0.2) is 54.6 Å². The maximum Gasteiger partial charge on any atom is 0.212 e. The van der Waals surface area contributed by atoms with E-state index in [0.717, 1.165) is 17.9 Å². The summed E-state index contributed by atoms with van der Waals surface area (Å²) in [6.07, 6.45) is 4.44. The summed E-state index contributed by atoms with van der Waals surface area (Å²) in [6, 6.07) is 16.9. The van der Waals surface area contributed by atoms with Crippen molar-refractivity contribution < 1.29 is 4.74 Å². The summed E-state index contributed by atoms with van der Waals surface area (Å²) in [6.45, 7) is 7.66. The van der Waals surface area contributed by atoms with Crippen LogP contribution in [0.5, 0.6) is 5.75 Å². The van der Waals surface area contributed by atoms with Crippen molar-refractivity contribution in [3.05, 3.63) is 65.7 Å². The van der Waals surface area contributed by atoms with Gasteiger partial charge in [0, 0.05) is 17.8 Å². The second-order valence-corrected chi connectivity index (χ2v) is 6.56. The quantitative estimate of drug-likeness (QED) is 0.761. The molecule has 0 amide bonds. The lowest BCUT2D eigenvalue weighted by atomic mass is 9.76. The highest BCUT2D eigenvalue weighted by Crippen LogP contribution is 2.54. The molecule has 1 unspecified atom stereocenters. The SMILES string of the molecule is CCN1c2ccccc2C(C)(C)C12C=Cc1ccccc1O2. The molecule has 2 aliphatic rings. The molecule has 0 saturated carbocycles. The molecule has 0 saturated heterocycles. The van der Waals surface area contributed by atoms with Gasteiger partial charge in [-0.2, -0.15) is 0 Å². The number of hydrogen-bond acceptors (Lipinski definition) is 2. The van der Waals surface area contributed by atoms with E-state index in [4.69, 9.17) is 4.74 Å². The fourth-order valence-corrected chi connectivity index (χ4v) is 3.95. The summed E-state index contributed by atoms with van der Waals surface area (Å²) in [5.74, 6) is 0.962. The molecule has 0 fully saturated rings. The Bertz CT molecular complexity index is 762. The first-order valence-corrected chi connectivity index (χ1v) is 7.94. The summed E-state index contributed by atoms with van der Waals surface area (Å²) in [5, 5.41) is 0. The Labute approximate surface area is 132 Å². The van der Waals surface area contributed by atoms with Crippen LogP contribution < -0.4 is 9.64 Å². The molecule has 2 aromatic rings. The normalized spacial score (nSPS) is 24.0. The molecule has 4 rings (SSSR count). The van der Waals surface area contributed by atoms with Gasteiger partial charge < -0.3 is 9.64 Å². The minimum absolute atomic E-state index is 0.121. The van der Waals surface area contributed by atoms with Gasteiger partial charge in [-0.15, -0.1) is 0 Å². The molecule has 0 aromatic heterocycles. The second kappa shape index (κ2) is 4.39. The zero-order valence-corrected chi connectivity index (χ0v) is 13.3. The lowest BCUT2D eigenvalue weighted by Gasteiger charge is -2.46. The molecule has 1 spiro atoms. The van der Waals surface area contributed by atoms with E-state index < -0.39 is 5.72 Å². The fourth-order valence-electron chi connectivity index (χ4n) is 3.95. The van der Waals surface area contributed by atoms with E-state index in [9.17, 15) is 0 Å². The van der Waals surface area contributed by atoms with E-state index in [1.807, 2.05) is 6.07 Å². The minimum Gasteiger partial charge on any atom is -0.463 e. The Morgan fingerprint density at radius 1 is 1.00 bits per heavy atom. The minimum atomic E-state index is -0.459. The predicted molar refractivity (Wildman–Crippen MR) is 91.3 cm³/mol. The average molecular weight is 291 g/mol. The number of hydrogen-bond donors (Lipinski definition) is 0. The number of para-hydroxylation sites is 2. The van der Waals surface area contributed by atoms with Gasteiger partial charge in [0.15, 0.2) is 0 Å². The van der Waals surface area contributed by atoms with E-state index in [1.54, 1.807) is 0 Å². The number of rotatable bonds is 1. The van der Waals surface area contributed by atoms with Crippen LogP contribution in [0.3, 0.4) is 0 Å². The molecule has 0 radical (unpaired) electrons. The predicted octanol–water partition coefficient (Wildman–Crippen LogP) is 4.61. The smallest absolute Gasteiger partial charge is 0.212 e. The number of nitrogens with zero attached hydrogens (tertiary/aromatic N) is 1. The molecular formula is C20H21NO. The molecular weight excluding hydrogens is 270 g/mol. The molecule has 2 heterocycles. The van der Waals surface area contributed by atoms with Crippen LogP contribution in [-0.2, 0) is 5.41 Å². The maximum absolute atomic E-state index is 6.62. The number of likely N-dealkylation sites (N-methyl/N-ethyl adjacent to an activating group) is 1. The number of fused-ring (bicyclic) bond motifs is 2. The highest BCUT2D eigenvalue weighted by Gasteiger charge is 2.58. The van der Waals surface area contributed by atoms with Crippen LogP contribution in [0.2, 0.25) is 0 Å². The van der Waals surface area contributed by atoms with Gasteiger partial charge in [0.1, 0.15) is 5.75 Å².